The molecule has 0 heterocycles. The molecule has 0 bridgehead atoms. The largest absolute Gasteiger partial charge is 0.294 e. The van der Waals surface area contributed by atoms with Crippen molar-refractivity contribution in [1.82, 2.24) is 21.3 Å². The quantitative estimate of drug-likeness (QED) is 0.0590. The molecule has 3 unspecified atom stereocenters. The van der Waals surface area contributed by atoms with E-state index in [0.29, 0.717) is 0 Å². The van der Waals surface area contributed by atoms with Gasteiger partial charge in [-0.2, -0.15) is 33.1 Å². The van der Waals surface area contributed by atoms with Crippen LogP contribution < -0.4 is 21.3 Å². The lowest BCUT2D eigenvalue weighted by molar-refractivity contribution is 0.337. The Balaban J connectivity index is 4.03. The number of hydrogen-bond donors (Lipinski definition) is 7. The molecular formula is C22H50N8S4. The van der Waals surface area contributed by atoms with Crippen molar-refractivity contribution in [2.24, 2.45) is 20.5 Å². The Kier molecular flexibility index (Phi) is 15.8. The fourth-order valence-electron chi connectivity index (χ4n) is 2.37. The zero-order valence-corrected chi connectivity index (χ0v) is 26.3. The molecule has 0 spiro atoms. The average molecular weight is 555 g/mol. The zero-order chi connectivity index (χ0) is 26.6. The summed E-state index contributed by atoms with van der Waals surface area (Å²) < 4.78 is 0.287. The van der Waals surface area contributed by atoms with Crippen LogP contribution in [0.25, 0.3) is 0 Å². The first-order valence-corrected chi connectivity index (χ1v) is 14.5. The van der Waals surface area contributed by atoms with E-state index in [1.54, 1.807) is 0 Å². The van der Waals surface area contributed by atoms with E-state index in [-0.39, 0.29) is 26.7 Å². The van der Waals surface area contributed by atoms with Gasteiger partial charge in [0.25, 0.3) is 0 Å². The lowest BCUT2D eigenvalue weighted by atomic mass is 10.1. The molecular weight excluding hydrogens is 505 g/mol. The van der Waals surface area contributed by atoms with Crippen LogP contribution in [0.5, 0.6) is 0 Å². The Hall–Kier alpha value is 0.440. The molecule has 0 aromatic heterocycles. The first-order valence-electron chi connectivity index (χ1n) is 11.9. The fraction of sp³-hybridized carbons (Fsp3) is 1.00. The van der Waals surface area contributed by atoms with E-state index in [4.69, 9.17) is 12.6 Å². The van der Waals surface area contributed by atoms with E-state index in [0.717, 1.165) is 31.7 Å². The van der Waals surface area contributed by atoms with Gasteiger partial charge in [0.05, 0.1) is 11.1 Å². The van der Waals surface area contributed by atoms with Crippen LogP contribution in [0, 0.1) is 0 Å². The molecule has 0 saturated heterocycles. The van der Waals surface area contributed by atoms with Crippen LogP contribution in [0.2, 0.25) is 0 Å². The maximum absolute atomic E-state index is 4.71. The minimum Gasteiger partial charge on any atom is -0.294 e. The summed E-state index contributed by atoms with van der Waals surface area (Å²) in [5, 5.41) is 30.9. The van der Waals surface area contributed by atoms with Crippen molar-refractivity contribution in [2.75, 3.05) is 18.8 Å². The third kappa shape index (κ3) is 21.7. The highest BCUT2D eigenvalue weighted by molar-refractivity contribution is 8.10. The molecule has 0 aromatic rings. The summed E-state index contributed by atoms with van der Waals surface area (Å²) in [6, 6.07) is 0. The molecule has 0 aliphatic carbocycles. The van der Waals surface area contributed by atoms with Gasteiger partial charge in [0.1, 0.15) is 22.3 Å². The molecule has 0 radical (unpaired) electrons. The van der Waals surface area contributed by atoms with Crippen LogP contribution in [0.15, 0.2) is 20.5 Å². The molecule has 0 saturated carbocycles. The molecule has 4 N–H and O–H groups in total. The number of hydrogen-bond acceptors (Lipinski definition) is 12. The Morgan fingerprint density at radius 1 is 0.647 bits per heavy atom. The highest BCUT2D eigenvalue weighted by Gasteiger charge is 2.22. The maximum atomic E-state index is 4.71. The lowest BCUT2D eigenvalue weighted by Gasteiger charge is -2.27. The van der Waals surface area contributed by atoms with Crippen LogP contribution in [-0.2, 0) is 0 Å². The molecule has 0 aliphatic rings. The van der Waals surface area contributed by atoms with E-state index in [1.807, 2.05) is 81.0 Å². The van der Waals surface area contributed by atoms with Crippen molar-refractivity contribution in [1.29, 1.82) is 0 Å². The molecule has 0 fully saturated rings. The van der Waals surface area contributed by atoms with Crippen molar-refractivity contribution in [2.45, 2.75) is 120 Å². The SMILES string of the molecule is CC(C)(C)N=NC(C)(C)NC(S)NCCCC(S)SCCNC(S)NC(C)(C)N=NC(C)(C)C. The molecule has 34 heavy (non-hydrogen) atoms. The smallest absolute Gasteiger partial charge is 0.127 e. The number of nitrogens with one attached hydrogen (secondary N) is 4. The topological polar surface area (TPSA) is 97.6 Å². The Morgan fingerprint density at radius 2 is 1.06 bits per heavy atom. The summed E-state index contributed by atoms with van der Waals surface area (Å²) in [5.74, 6) is 0.952. The van der Waals surface area contributed by atoms with Crippen LogP contribution >= 0.6 is 49.6 Å². The van der Waals surface area contributed by atoms with E-state index in [2.05, 4.69) is 67.0 Å². The van der Waals surface area contributed by atoms with Crippen molar-refractivity contribution in [3.05, 3.63) is 0 Å². The highest BCUT2D eigenvalue weighted by Crippen LogP contribution is 2.20. The molecule has 0 aromatic carbocycles. The normalized spacial score (nSPS) is 17.0. The van der Waals surface area contributed by atoms with Gasteiger partial charge in [-0.3, -0.25) is 21.3 Å². The summed E-state index contributed by atoms with van der Waals surface area (Å²) in [7, 11) is 0. The number of azo groups is 2. The summed E-state index contributed by atoms with van der Waals surface area (Å²) in [5.41, 5.74) is -1.66. The number of rotatable bonds is 16. The Bertz CT molecular complexity index is 563. The lowest BCUT2D eigenvalue weighted by Crippen LogP contribution is -2.49. The summed E-state index contributed by atoms with van der Waals surface area (Å²) >= 11 is 15.7. The van der Waals surface area contributed by atoms with Crippen molar-refractivity contribution < 1.29 is 0 Å². The van der Waals surface area contributed by atoms with Crippen LogP contribution in [-0.4, -0.2) is 56.8 Å². The van der Waals surface area contributed by atoms with E-state index < -0.39 is 11.3 Å². The van der Waals surface area contributed by atoms with E-state index in [9.17, 15) is 0 Å². The molecule has 3 atom stereocenters. The highest BCUT2D eigenvalue weighted by atomic mass is 32.2. The van der Waals surface area contributed by atoms with Crippen LogP contribution in [0.4, 0.5) is 0 Å². The van der Waals surface area contributed by atoms with Gasteiger partial charge >= 0.3 is 0 Å². The first kappa shape index (κ1) is 34.4. The maximum Gasteiger partial charge on any atom is 0.127 e. The predicted octanol–water partition coefficient (Wildman–Crippen LogP) is 5.51. The van der Waals surface area contributed by atoms with Crippen LogP contribution in [0.1, 0.15) is 82.1 Å². The van der Waals surface area contributed by atoms with Gasteiger partial charge in [-0.25, -0.2) is 0 Å². The summed E-state index contributed by atoms with van der Waals surface area (Å²) in [4.78, 5) is 0. The number of thiol groups is 3. The molecule has 0 amide bonds. The second-order valence-electron chi connectivity index (χ2n) is 11.3. The molecule has 8 nitrogen and oxygen atoms in total. The molecule has 0 aliphatic heterocycles. The van der Waals surface area contributed by atoms with Crippen molar-refractivity contribution in [3.63, 3.8) is 0 Å². The number of nitrogens with zero attached hydrogens (tertiary/aromatic N) is 4. The summed E-state index contributed by atoms with van der Waals surface area (Å²) in [6.07, 6.45) is 2.03. The average Bonchev–Trinajstić information content (AvgIpc) is 2.64. The van der Waals surface area contributed by atoms with Crippen LogP contribution in [0.3, 0.4) is 0 Å². The van der Waals surface area contributed by atoms with Gasteiger partial charge in [-0.05, 0) is 88.6 Å². The second kappa shape index (κ2) is 15.6. The second-order valence-corrected chi connectivity index (χ2v) is 14.6. The monoisotopic (exact) mass is 554 g/mol. The molecule has 12 heteroatoms. The van der Waals surface area contributed by atoms with Gasteiger partial charge in [0.2, 0.25) is 0 Å². The van der Waals surface area contributed by atoms with Gasteiger partial charge in [-0.15, -0.1) is 37.0 Å². The fourth-order valence-corrected chi connectivity index (χ4v) is 4.60. The molecule has 202 valence electrons. The Labute approximate surface area is 229 Å². The van der Waals surface area contributed by atoms with Gasteiger partial charge in [0.15, 0.2) is 0 Å². The first-order chi connectivity index (χ1) is 15.3. The zero-order valence-electron chi connectivity index (χ0n) is 22.8. The standard InChI is InChI=1S/C22H50N8S4/c1-19(2,3)27-29-21(7,8)25-17(32)23-13-11-12-16(31)34-15-14-24-18(33)26-22(9,10)30-28-20(4,5)6/h16-18,23-26,31-33H,11-15H2,1-10H3. The third-order valence-electron chi connectivity index (χ3n) is 3.90. The molecule has 0 rings (SSSR count). The number of thioether (sulfide) groups is 1. The van der Waals surface area contributed by atoms with Gasteiger partial charge in [0, 0.05) is 16.9 Å². The van der Waals surface area contributed by atoms with E-state index in [1.165, 1.54) is 0 Å². The predicted molar refractivity (Wildman–Crippen MR) is 160 cm³/mol. The van der Waals surface area contributed by atoms with Gasteiger partial charge < -0.3 is 0 Å². The minimum absolute atomic E-state index is 0.156. The minimum atomic E-state index is -0.483. The Morgan fingerprint density at radius 3 is 1.47 bits per heavy atom. The summed E-state index contributed by atoms with van der Waals surface area (Å²) in [6.45, 7) is 21.8. The third-order valence-corrected chi connectivity index (χ3v) is 6.28. The van der Waals surface area contributed by atoms with Gasteiger partial charge in [-0.1, -0.05) is 0 Å². The van der Waals surface area contributed by atoms with E-state index >= 15 is 0 Å². The van der Waals surface area contributed by atoms with Crippen molar-refractivity contribution in [3.8, 4) is 0 Å². The van der Waals surface area contributed by atoms with Crippen molar-refractivity contribution >= 4 is 49.6 Å².